The molecule has 0 aromatic rings. The second-order valence-electron chi connectivity index (χ2n) is 13.8. The van der Waals surface area contributed by atoms with Gasteiger partial charge in [0.05, 0.1) is 18.8 Å². The van der Waals surface area contributed by atoms with Crippen LogP contribution >= 0.6 is 0 Å². The third-order valence-electron chi connectivity index (χ3n) is 9.09. The van der Waals surface area contributed by atoms with E-state index in [1.807, 2.05) is 0 Å². The number of hydrogen-bond donors (Lipinski definition) is 1. The standard InChI is InChI=1S/C42H74O6/c1-3-5-7-9-11-12-13-14-15-16-17-18-19-22-27-31-35-42(45)47-38(36-43)37-46-41(44)34-30-26-23-20-21-25-29-33-40-39(48-40)32-28-24-10-8-6-4-2/h20,23-25,28-29,38-40,43H,3-19,21-22,26-27,30-37H2,1-2H3/b23-20-,28-24-,29-25-/t38-,39?,40?/m0/s1. The fourth-order valence-electron chi connectivity index (χ4n) is 5.88. The van der Waals surface area contributed by atoms with Crippen molar-refractivity contribution in [2.75, 3.05) is 13.2 Å². The molecule has 0 spiro atoms. The molecule has 1 fully saturated rings. The molecule has 0 amide bonds. The van der Waals surface area contributed by atoms with Crippen molar-refractivity contribution in [2.24, 2.45) is 0 Å². The SMILES string of the molecule is CCCCC/C=C\CC1OC1C/C=C\C/C=C\CCCC(=O)OC[C@H](CO)OC(=O)CCCCCCCCCCCCCCCCCC. The van der Waals surface area contributed by atoms with Gasteiger partial charge < -0.3 is 19.3 Å². The summed E-state index contributed by atoms with van der Waals surface area (Å²) in [6, 6.07) is 0. The van der Waals surface area contributed by atoms with Gasteiger partial charge in [-0.3, -0.25) is 9.59 Å². The summed E-state index contributed by atoms with van der Waals surface area (Å²) in [4.78, 5) is 24.3. The Morgan fingerprint density at radius 1 is 0.583 bits per heavy atom. The van der Waals surface area contributed by atoms with Gasteiger partial charge in [0.15, 0.2) is 6.10 Å². The third kappa shape index (κ3) is 29.0. The van der Waals surface area contributed by atoms with Gasteiger partial charge >= 0.3 is 11.9 Å². The summed E-state index contributed by atoms with van der Waals surface area (Å²) in [5.74, 6) is -0.658. The van der Waals surface area contributed by atoms with Crippen LogP contribution in [0.5, 0.6) is 0 Å². The molecule has 2 unspecified atom stereocenters. The van der Waals surface area contributed by atoms with Crippen molar-refractivity contribution in [3.63, 3.8) is 0 Å². The average molecular weight is 675 g/mol. The van der Waals surface area contributed by atoms with E-state index in [4.69, 9.17) is 14.2 Å². The van der Waals surface area contributed by atoms with Crippen LogP contribution in [-0.4, -0.2) is 48.6 Å². The Morgan fingerprint density at radius 3 is 1.62 bits per heavy atom. The smallest absolute Gasteiger partial charge is 0.306 e. The first-order chi connectivity index (χ1) is 23.6. The monoisotopic (exact) mass is 675 g/mol. The maximum Gasteiger partial charge on any atom is 0.306 e. The Bertz CT molecular complexity index is 834. The van der Waals surface area contributed by atoms with Crippen molar-refractivity contribution in [1.82, 2.24) is 0 Å². The number of allylic oxidation sites excluding steroid dienone is 4. The quantitative estimate of drug-likeness (QED) is 0.0312. The lowest BCUT2D eigenvalue weighted by atomic mass is 10.0. The van der Waals surface area contributed by atoms with Crippen LogP contribution < -0.4 is 0 Å². The molecule has 0 saturated carbocycles. The molecule has 1 aliphatic rings. The zero-order valence-corrected chi connectivity index (χ0v) is 31.2. The lowest BCUT2D eigenvalue weighted by molar-refractivity contribution is -0.161. The summed E-state index contributed by atoms with van der Waals surface area (Å²) < 4.78 is 16.3. The van der Waals surface area contributed by atoms with Crippen molar-refractivity contribution >= 4 is 11.9 Å². The molecule has 278 valence electrons. The molecule has 0 bridgehead atoms. The van der Waals surface area contributed by atoms with E-state index in [0.717, 1.165) is 44.9 Å². The minimum Gasteiger partial charge on any atom is -0.462 e. The molecular weight excluding hydrogens is 600 g/mol. The Hall–Kier alpha value is -1.92. The first kappa shape index (κ1) is 44.1. The highest BCUT2D eigenvalue weighted by Crippen LogP contribution is 2.29. The predicted molar refractivity (Wildman–Crippen MR) is 200 cm³/mol. The Kier molecular flexibility index (Phi) is 30.8. The number of rotatable bonds is 35. The summed E-state index contributed by atoms with van der Waals surface area (Å²) in [6.07, 6.45) is 43.8. The number of hydrogen-bond acceptors (Lipinski definition) is 6. The van der Waals surface area contributed by atoms with E-state index in [-0.39, 0.29) is 25.2 Å². The normalized spacial score (nSPS) is 16.7. The van der Waals surface area contributed by atoms with E-state index in [0.29, 0.717) is 31.5 Å². The Morgan fingerprint density at radius 2 is 1.04 bits per heavy atom. The summed E-state index contributed by atoms with van der Waals surface area (Å²) in [5, 5.41) is 9.56. The van der Waals surface area contributed by atoms with Crippen molar-refractivity contribution in [3.8, 4) is 0 Å². The molecule has 3 atom stereocenters. The van der Waals surface area contributed by atoms with Crippen LogP contribution in [0.3, 0.4) is 0 Å². The Balaban J connectivity index is 1.91. The number of ether oxygens (including phenoxy) is 3. The van der Waals surface area contributed by atoms with Gasteiger partial charge in [0.1, 0.15) is 6.61 Å². The molecule has 1 aliphatic heterocycles. The van der Waals surface area contributed by atoms with Crippen LogP contribution in [-0.2, 0) is 23.8 Å². The van der Waals surface area contributed by atoms with Crippen molar-refractivity contribution in [3.05, 3.63) is 36.5 Å². The molecule has 0 aliphatic carbocycles. The van der Waals surface area contributed by atoms with Crippen molar-refractivity contribution in [1.29, 1.82) is 0 Å². The van der Waals surface area contributed by atoms with Gasteiger partial charge in [-0.05, 0) is 51.4 Å². The first-order valence-electron chi connectivity index (χ1n) is 20.2. The summed E-state index contributed by atoms with van der Waals surface area (Å²) >= 11 is 0. The van der Waals surface area contributed by atoms with Gasteiger partial charge in [0.25, 0.3) is 0 Å². The second-order valence-corrected chi connectivity index (χ2v) is 13.8. The molecule has 6 nitrogen and oxygen atoms in total. The van der Waals surface area contributed by atoms with Gasteiger partial charge in [-0.15, -0.1) is 0 Å². The van der Waals surface area contributed by atoms with Gasteiger partial charge in [-0.2, -0.15) is 0 Å². The highest BCUT2D eigenvalue weighted by atomic mass is 16.6. The van der Waals surface area contributed by atoms with E-state index in [1.165, 1.54) is 109 Å². The van der Waals surface area contributed by atoms with Gasteiger partial charge in [-0.1, -0.05) is 159 Å². The van der Waals surface area contributed by atoms with Crippen LogP contribution in [0.2, 0.25) is 0 Å². The highest BCUT2D eigenvalue weighted by Gasteiger charge is 2.35. The van der Waals surface area contributed by atoms with Crippen molar-refractivity contribution < 1.29 is 28.9 Å². The second kappa shape index (κ2) is 33.6. The molecule has 1 N–H and O–H groups in total. The van der Waals surface area contributed by atoms with Gasteiger partial charge in [0.2, 0.25) is 0 Å². The molecule has 48 heavy (non-hydrogen) atoms. The Labute approximate surface area is 295 Å². The molecule has 0 aromatic heterocycles. The van der Waals surface area contributed by atoms with Gasteiger partial charge in [0, 0.05) is 12.8 Å². The average Bonchev–Trinajstić information content (AvgIpc) is 3.84. The van der Waals surface area contributed by atoms with Crippen LogP contribution in [0.25, 0.3) is 0 Å². The van der Waals surface area contributed by atoms with Gasteiger partial charge in [-0.25, -0.2) is 0 Å². The molecule has 1 heterocycles. The minimum atomic E-state index is -0.794. The molecular formula is C42H74O6. The van der Waals surface area contributed by atoms with Crippen molar-refractivity contribution in [2.45, 2.75) is 206 Å². The number of epoxide rings is 1. The maximum atomic E-state index is 12.2. The summed E-state index contributed by atoms with van der Waals surface area (Å²) in [7, 11) is 0. The first-order valence-corrected chi connectivity index (χ1v) is 20.2. The molecule has 1 rings (SSSR count). The number of unbranched alkanes of at least 4 members (excludes halogenated alkanes) is 19. The lowest BCUT2D eigenvalue weighted by Crippen LogP contribution is -2.28. The number of aliphatic hydroxyl groups excluding tert-OH is 1. The largest absolute Gasteiger partial charge is 0.462 e. The zero-order chi connectivity index (χ0) is 34.8. The van der Waals surface area contributed by atoms with E-state index < -0.39 is 6.10 Å². The highest BCUT2D eigenvalue weighted by molar-refractivity contribution is 5.70. The van der Waals surface area contributed by atoms with Crippen LogP contribution in [0.4, 0.5) is 0 Å². The van der Waals surface area contributed by atoms with E-state index >= 15 is 0 Å². The molecule has 0 aromatic carbocycles. The van der Waals surface area contributed by atoms with E-state index in [2.05, 4.69) is 50.3 Å². The molecule has 0 radical (unpaired) electrons. The minimum absolute atomic E-state index is 0.0958. The van der Waals surface area contributed by atoms with Crippen LogP contribution in [0.1, 0.15) is 187 Å². The van der Waals surface area contributed by atoms with E-state index in [1.54, 1.807) is 0 Å². The summed E-state index contributed by atoms with van der Waals surface area (Å²) in [6.45, 7) is 4.06. The predicted octanol–water partition coefficient (Wildman–Crippen LogP) is 11.4. The number of carbonyl (C=O) groups excluding carboxylic acids is 2. The number of esters is 2. The fourth-order valence-corrected chi connectivity index (χ4v) is 5.88. The number of carbonyl (C=O) groups is 2. The zero-order valence-electron chi connectivity index (χ0n) is 31.2. The third-order valence-corrected chi connectivity index (χ3v) is 9.09. The summed E-state index contributed by atoms with van der Waals surface area (Å²) in [5.41, 5.74) is 0. The number of aliphatic hydroxyl groups is 1. The molecule has 1 saturated heterocycles. The van der Waals surface area contributed by atoms with Crippen LogP contribution in [0, 0.1) is 0 Å². The maximum absolute atomic E-state index is 12.2. The van der Waals surface area contributed by atoms with E-state index in [9.17, 15) is 14.7 Å². The molecule has 6 heteroatoms. The fraction of sp³-hybridized carbons (Fsp3) is 0.810. The van der Waals surface area contributed by atoms with Crippen LogP contribution in [0.15, 0.2) is 36.5 Å². The topological polar surface area (TPSA) is 85.4 Å². The lowest BCUT2D eigenvalue weighted by Gasteiger charge is -2.15.